The molecule has 1 fully saturated rings. The van der Waals surface area contributed by atoms with Crippen molar-refractivity contribution < 1.29 is 0 Å². The van der Waals surface area contributed by atoms with Crippen molar-refractivity contribution >= 4 is 0 Å². The first-order valence-electron chi connectivity index (χ1n) is 7.76. The molecule has 3 nitrogen and oxygen atoms in total. The number of rotatable bonds is 5. The van der Waals surface area contributed by atoms with Gasteiger partial charge in [-0.3, -0.25) is 4.68 Å². The third-order valence-electron chi connectivity index (χ3n) is 5.61. The Bertz CT molecular complexity index is 443. The monoisotopic (exact) mass is 263 g/mol. The van der Waals surface area contributed by atoms with Crippen LogP contribution in [-0.4, -0.2) is 22.9 Å². The van der Waals surface area contributed by atoms with Crippen LogP contribution in [0.4, 0.5) is 0 Å². The summed E-state index contributed by atoms with van der Waals surface area (Å²) in [6.07, 6.45) is 3.75. The molecule has 0 spiro atoms. The van der Waals surface area contributed by atoms with E-state index in [-0.39, 0.29) is 0 Å². The summed E-state index contributed by atoms with van der Waals surface area (Å²) in [7, 11) is 2.11. The average Bonchev–Trinajstić information content (AvgIpc) is 2.67. The molecule has 108 valence electrons. The molecule has 0 bridgehead atoms. The Hall–Kier alpha value is -0.830. The molecule has 0 amide bonds. The van der Waals surface area contributed by atoms with Gasteiger partial charge in [0.2, 0.25) is 0 Å². The van der Waals surface area contributed by atoms with Crippen LogP contribution in [0, 0.1) is 19.3 Å². The largest absolute Gasteiger partial charge is 0.316 e. The first-order valence-corrected chi connectivity index (χ1v) is 7.76. The third-order valence-corrected chi connectivity index (χ3v) is 5.61. The molecule has 0 aliphatic heterocycles. The zero-order valence-corrected chi connectivity index (χ0v) is 13.4. The summed E-state index contributed by atoms with van der Waals surface area (Å²) in [5, 5.41) is 8.24. The number of hydrogen-bond acceptors (Lipinski definition) is 2. The summed E-state index contributed by atoms with van der Waals surface area (Å²) >= 11 is 0. The van der Waals surface area contributed by atoms with Crippen LogP contribution in [0.2, 0.25) is 0 Å². The average molecular weight is 263 g/mol. The lowest BCUT2D eigenvalue weighted by atomic mass is 9.51. The molecule has 2 unspecified atom stereocenters. The van der Waals surface area contributed by atoms with Gasteiger partial charge >= 0.3 is 0 Å². The van der Waals surface area contributed by atoms with E-state index >= 15 is 0 Å². The molecule has 1 aliphatic carbocycles. The lowest BCUT2D eigenvalue weighted by molar-refractivity contribution is 0.0238. The molecule has 1 heterocycles. The highest BCUT2D eigenvalue weighted by Gasteiger charge is 2.53. The lowest BCUT2D eigenvalue weighted by Crippen LogP contribution is -2.57. The molecule has 1 saturated carbocycles. The minimum absolute atomic E-state index is 0.422. The predicted octanol–water partition coefficient (Wildman–Crippen LogP) is 3.40. The van der Waals surface area contributed by atoms with Crippen LogP contribution in [0.25, 0.3) is 0 Å². The van der Waals surface area contributed by atoms with Crippen LogP contribution in [0.5, 0.6) is 0 Å². The topological polar surface area (TPSA) is 29.9 Å². The van der Waals surface area contributed by atoms with Crippen LogP contribution in [0.15, 0.2) is 0 Å². The van der Waals surface area contributed by atoms with Crippen molar-refractivity contribution in [2.24, 2.45) is 5.41 Å². The minimum Gasteiger partial charge on any atom is -0.316 e. The second-order valence-electron chi connectivity index (χ2n) is 5.97. The number of nitrogens with one attached hydrogen (secondary N) is 1. The van der Waals surface area contributed by atoms with Gasteiger partial charge in [-0.1, -0.05) is 13.8 Å². The van der Waals surface area contributed by atoms with Gasteiger partial charge in [0.05, 0.1) is 5.69 Å². The third kappa shape index (κ3) is 1.94. The lowest BCUT2D eigenvalue weighted by Gasteiger charge is -2.56. The molecule has 1 aromatic rings. The Morgan fingerprint density at radius 3 is 2.32 bits per heavy atom. The quantitative estimate of drug-likeness (QED) is 0.882. The fourth-order valence-corrected chi connectivity index (χ4v) is 4.36. The summed E-state index contributed by atoms with van der Waals surface area (Å²) in [6, 6.07) is 0.663. The summed E-state index contributed by atoms with van der Waals surface area (Å²) in [5.74, 6) is 0.681. The van der Waals surface area contributed by atoms with Crippen LogP contribution in [0.3, 0.4) is 0 Å². The van der Waals surface area contributed by atoms with Crippen molar-refractivity contribution in [3.63, 3.8) is 0 Å². The van der Waals surface area contributed by atoms with Crippen LogP contribution in [-0.2, 0) is 6.54 Å². The summed E-state index contributed by atoms with van der Waals surface area (Å²) in [5.41, 5.74) is 4.57. The maximum absolute atomic E-state index is 4.71. The van der Waals surface area contributed by atoms with Gasteiger partial charge in [-0.15, -0.1) is 0 Å². The second-order valence-corrected chi connectivity index (χ2v) is 5.97. The molecule has 0 radical (unpaired) electrons. The molecule has 2 rings (SSSR count). The predicted molar refractivity (Wildman–Crippen MR) is 80.6 cm³/mol. The van der Waals surface area contributed by atoms with Crippen LogP contribution >= 0.6 is 0 Å². The van der Waals surface area contributed by atoms with Crippen molar-refractivity contribution in [1.29, 1.82) is 0 Å². The highest BCUT2D eigenvalue weighted by molar-refractivity contribution is 5.35. The molecule has 0 saturated heterocycles. The maximum Gasteiger partial charge on any atom is 0.0631 e. The molecule has 1 aromatic heterocycles. The standard InChI is InChI=1S/C16H29N3/c1-7-16(8-2)13(10-14(16)17-6)15-11(4)18-19(9-3)12(15)5/h13-14,17H,7-10H2,1-6H3. The van der Waals surface area contributed by atoms with Crippen molar-refractivity contribution in [3.8, 4) is 0 Å². The van der Waals surface area contributed by atoms with Crippen molar-refractivity contribution in [2.75, 3.05) is 7.05 Å². The van der Waals surface area contributed by atoms with E-state index in [4.69, 9.17) is 5.10 Å². The van der Waals surface area contributed by atoms with E-state index in [1.54, 1.807) is 0 Å². The van der Waals surface area contributed by atoms with Gasteiger partial charge in [0.25, 0.3) is 0 Å². The fraction of sp³-hybridized carbons (Fsp3) is 0.812. The van der Waals surface area contributed by atoms with E-state index in [0.29, 0.717) is 17.4 Å². The van der Waals surface area contributed by atoms with Gasteiger partial charge in [0.15, 0.2) is 0 Å². The molecule has 2 atom stereocenters. The molecular formula is C16H29N3. The second kappa shape index (κ2) is 5.28. The Morgan fingerprint density at radius 1 is 1.26 bits per heavy atom. The minimum atomic E-state index is 0.422. The van der Waals surface area contributed by atoms with E-state index < -0.39 is 0 Å². The van der Waals surface area contributed by atoms with E-state index in [9.17, 15) is 0 Å². The van der Waals surface area contributed by atoms with E-state index in [2.05, 4.69) is 51.7 Å². The fourth-order valence-electron chi connectivity index (χ4n) is 4.36. The first kappa shape index (κ1) is 14.6. The van der Waals surface area contributed by atoms with Gasteiger partial charge in [0, 0.05) is 18.3 Å². The normalized spacial score (nSPS) is 25.4. The highest BCUT2D eigenvalue weighted by atomic mass is 15.3. The molecule has 19 heavy (non-hydrogen) atoms. The molecule has 0 aromatic carbocycles. The smallest absolute Gasteiger partial charge is 0.0631 e. The van der Waals surface area contributed by atoms with Crippen LogP contribution in [0.1, 0.15) is 62.9 Å². The van der Waals surface area contributed by atoms with Crippen molar-refractivity contribution in [1.82, 2.24) is 15.1 Å². The molecule has 1 N–H and O–H groups in total. The summed E-state index contributed by atoms with van der Waals surface area (Å²) in [4.78, 5) is 0. The van der Waals surface area contributed by atoms with Gasteiger partial charge in [-0.2, -0.15) is 5.10 Å². The maximum atomic E-state index is 4.71. The Kier molecular flexibility index (Phi) is 4.05. The van der Waals surface area contributed by atoms with Gasteiger partial charge in [0.1, 0.15) is 0 Å². The summed E-state index contributed by atoms with van der Waals surface area (Å²) in [6.45, 7) is 12.2. The zero-order chi connectivity index (χ0) is 14.2. The molecular weight excluding hydrogens is 234 g/mol. The van der Waals surface area contributed by atoms with Gasteiger partial charge in [-0.05, 0) is 64.0 Å². The van der Waals surface area contributed by atoms with E-state index in [0.717, 1.165) is 6.54 Å². The number of hydrogen-bond donors (Lipinski definition) is 1. The van der Waals surface area contributed by atoms with Crippen molar-refractivity contribution in [2.45, 2.75) is 72.4 Å². The Balaban J connectivity index is 2.40. The number of aryl methyl sites for hydroxylation is 2. The van der Waals surface area contributed by atoms with Gasteiger partial charge < -0.3 is 5.32 Å². The molecule has 3 heteroatoms. The number of aromatic nitrogens is 2. The van der Waals surface area contributed by atoms with Crippen LogP contribution < -0.4 is 5.32 Å². The molecule has 1 aliphatic rings. The Morgan fingerprint density at radius 2 is 1.89 bits per heavy atom. The highest BCUT2D eigenvalue weighted by Crippen LogP contribution is 2.58. The Labute approximate surface area is 117 Å². The number of nitrogens with zero attached hydrogens (tertiary/aromatic N) is 2. The SMILES string of the molecule is CCn1nc(C)c(C2CC(NC)C2(CC)CC)c1C. The van der Waals surface area contributed by atoms with Crippen molar-refractivity contribution in [3.05, 3.63) is 17.0 Å². The zero-order valence-electron chi connectivity index (χ0n) is 13.4. The summed E-state index contributed by atoms with van der Waals surface area (Å²) < 4.78 is 2.16. The van der Waals surface area contributed by atoms with E-state index in [1.165, 1.54) is 36.2 Å². The van der Waals surface area contributed by atoms with E-state index in [1.807, 2.05) is 0 Å². The first-order chi connectivity index (χ1) is 9.05. The van der Waals surface area contributed by atoms with Gasteiger partial charge in [-0.25, -0.2) is 0 Å².